The second kappa shape index (κ2) is 6.72. The fourth-order valence-electron chi connectivity index (χ4n) is 3.73. The number of allylic oxidation sites excluding steroid dienone is 4. The van der Waals surface area contributed by atoms with Gasteiger partial charge in [-0.05, 0) is 34.7 Å². The van der Waals surface area contributed by atoms with E-state index >= 15 is 0 Å². The van der Waals surface area contributed by atoms with E-state index in [1.54, 1.807) is 10.8 Å². The minimum absolute atomic E-state index is 0.642. The van der Waals surface area contributed by atoms with Crippen LogP contribution in [0.4, 0.5) is 0 Å². The molecule has 0 spiro atoms. The lowest BCUT2D eigenvalue weighted by atomic mass is 10.00. The summed E-state index contributed by atoms with van der Waals surface area (Å²) in [4.78, 5) is 0. The molecular formula is C22H26Si. The molecule has 1 unspecified atom stereocenters. The highest BCUT2D eigenvalue weighted by atomic mass is 28.3. The second-order valence-electron chi connectivity index (χ2n) is 6.68. The lowest BCUT2D eigenvalue weighted by Crippen LogP contribution is -2.58. The Labute approximate surface area is 141 Å². The number of benzene rings is 2. The first-order valence-corrected chi connectivity index (χ1v) is 11.2. The van der Waals surface area contributed by atoms with Gasteiger partial charge in [-0.1, -0.05) is 98.4 Å². The van der Waals surface area contributed by atoms with Crippen LogP contribution in [0.15, 0.2) is 83.6 Å². The summed E-state index contributed by atoms with van der Waals surface area (Å²) in [7, 11) is -1.92. The first-order chi connectivity index (χ1) is 11.2. The van der Waals surface area contributed by atoms with Gasteiger partial charge in [0.15, 0.2) is 0 Å². The van der Waals surface area contributed by atoms with Crippen LogP contribution in [0.2, 0.25) is 6.55 Å². The van der Waals surface area contributed by atoms with Gasteiger partial charge in [0.05, 0.1) is 0 Å². The Bertz CT molecular complexity index is 671. The Hall–Kier alpha value is -1.86. The average Bonchev–Trinajstić information content (AvgIpc) is 3.12. The van der Waals surface area contributed by atoms with Crippen LogP contribution in [-0.4, -0.2) is 8.07 Å². The fourth-order valence-corrected chi connectivity index (χ4v) is 7.86. The second-order valence-corrected chi connectivity index (χ2v) is 10.6. The summed E-state index contributed by atoms with van der Waals surface area (Å²) in [5.41, 5.74) is 1.59. The zero-order chi connectivity index (χ0) is 16.3. The van der Waals surface area contributed by atoms with Crippen LogP contribution in [0, 0.1) is 5.92 Å². The van der Waals surface area contributed by atoms with E-state index in [4.69, 9.17) is 0 Å². The van der Waals surface area contributed by atoms with Crippen LogP contribution in [0.5, 0.6) is 0 Å². The minimum atomic E-state index is -1.92. The molecule has 0 aromatic heterocycles. The van der Waals surface area contributed by atoms with E-state index < -0.39 is 8.07 Å². The van der Waals surface area contributed by atoms with Gasteiger partial charge in [0.2, 0.25) is 0 Å². The monoisotopic (exact) mass is 318 g/mol. The highest BCUT2D eigenvalue weighted by molar-refractivity contribution is 7.07. The number of rotatable bonds is 5. The van der Waals surface area contributed by atoms with E-state index in [1.165, 1.54) is 16.8 Å². The number of hydrogen-bond donors (Lipinski definition) is 0. The Morgan fingerprint density at radius 2 is 1.39 bits per heavy atom. The Kier molecular flexibility index (Phi) is 4.68. The maximum Gasteiger partial charge on any atom is 0.145 e. The van der Waals surface area contributed by atoms with Gasteiger partial charge in [-0.15, -0.1) is 0 Å². The summed E-state index contributed by atoms with van der Waals surface area (Å²) < 4.78 is 0. The average molecular weight is 319 g/mol. The standard InChI is InChI=1S/C22H26Si/c1-4-18(2)21-16-11-17-22(21)23(3,19-12-7-5-8-13-19)20-14-9-6-10-15-20/h5-10,12-18H,4,11H2,1-3H3. The molecule has 118 valence electrons. The van der Waals surface area contributed by atoms with Crippen molar-refractivity contribution in [2.75, 3.05) is 0 Å². The first kappa shape index (κ1) is 16.0. The first-order valence-electron chi connectivity index (χ1n) is 8.70. The smallest absolute Gasteiger partial charge is 0.0804 e. The highest BCUT2D eigenvalue weighted by Crippen LogP contribution is 2.34. The third-order valence-electron chi connectivity index (χ3n) is 5.35. The van der Waals surface area contributed by atoms with Crippen LogP contribution in [0.1, 0.15) is 26.7 Å². The molecule has 3 rings (SSSR count). The van der Waals surface area contributed by atoms with Crippen molar-refractivity contribution in [3.8, 4) is 0 Å². The van der Waals surface area contributed by atoms with Gasteiger partial charge in [-0.3, -0.25) is 0 Å². The van der Waals surface area contributed by atoms with Crippen molar-refractivity contribution in [1.82, 2.24) is 0 Å². The fraction of sp³-hybridized carbons (Fsp3) is 0.273. The summed E-state index contributed by atoms with van der Waals surface area (Å²) in [5, 5.41) is 4.64. The van der Waals surface area contributed by atoms with Gasteiger partial charge in [0.25, 0.3) is 0 Å². The molecule has 2 aromatic carbocycles. The third-order valence-corrected chi connectivity index (χ3v) is 9.90. The molecule has 0 aliphatic heterocycles. The van der Waals surface area contributed by atoms with Crippen molar-refractivity contribution in [2.24, 2.45) is 5.92 Å². The van der Waals surface area contributed by atoms with Crippen LogP contribution in [0.25, 0.3) is 0 Å². The quantitative estimate of drug-likeness (QED) is 0.700. The van der Waals surface area contributed by atoms with E-state index in [9.17, 15) is 0 Å². The normalized spacial score (nSPS) is 16.0. The predicted molar refractivity (Wildman–Crippen MR) is 104 cm³/mol. The van der Waals surface area contributed by atoms with Gasteiger partial charge in [-0.2, -0.15) is 0 Å². The van der Waals surface area contributed by atoms with Crippen molar-refractivity contribution >= 4 is 18.4 Å². The van der Waals surface area contributed by atoms with Crippen LogP contribution in [0.3, 0.4) is 0 Å². The Morgan fingerprint density at radius 1 is 0.870 bits per heavy atom. The molecule has 1 aliphatic rings. The van der Waals surface area contributed by atoms with Gasteiger partial charge < -0.3 is 0 Å². The van der Waals surface area contributed by atoms with Gasteiger partial charge in [-0.25, -0.2) is 0 Å². The molecule has 0 heterocycles. The topological polar surface area (TPSA) is 0 Å². The van der Waals surface area contributed by atoms with E-state index in [2.05, 4.69) is 93.2 Å². The summed E-state index contributed by atoms with van der Waals surface area (Å²) in [6.45, 7) is 7.19. The SMILES string of the molecule is CCC(C)C1=CCC=C1[Si](C)(c1ccccc1)c1ccccc1. The molecule has 23 heavy (non-hydrogen) atoms. The molecule has 1 atom stereocenters. The van der Waals surface area contributed by atoms with Crippen molar-refractivity contribution in [3.05, 3.63) is 83.6 Å². The van der Waals surface area contributed by atoms with Crippen LogP contribution >= 0.6 is 0 Å². The zero-order valence-electron chi connectivity index (χ0n) is 14.4. The molecule has 0 nitrogen and oxygen atoms in total. The van der Waals surface area contributed by atoms with Gasteiger partial charge in [0, 0.05) is 0 Å². The third kappa shape index (κ3) is 2.86. The summed E-state index contributed by atoms with van der Waals surface area (Å²) >= 11 is 0. The molecule has 0 radical (unpaired) electrons. The van der Waals surface area contributed by atoms with E-state index in [0.29, 0.717) is 5.92 Å². The zero-order valence-corrected chi connectivity index (χ0v) is 15.4. The van der Waals surface area contributed by atoms with Gasteiger partial charge in [0.1, 0.15) is 8.07 Å². The van der Waals surface area contributed by atoms with E-state index in [-0.39, 0.29) is 0 Å². The highest BCUT2D eigenvalue weighted by Gasteiger charge is 2.39. The van der Waals surface area contributed by atoms with E-state index in [0.717, 1.165) is 6.42 Å². The van der Waals surface area contributed by atoms with Crippen molar-refractivity contribution in [2.45, 2.75) is 33.2 Å². The van der Waals surface area contributed by atoms with Crippen LogP contribution in [-0.2, 0) is 0 Å². The molecule has 0 saturated carbocycles. The molecule has 0 fully saturated rings. The summed E-state index contributed by atoms with van der Waals surface area (Å²) in [6, 6.07) is 22.3. The molecule has 0 bridgehead atoms. The maximum atomic E-state index is 2.52. The molecule has 0 N–H and O–H groups in total. The predicted octanol–water partition coefficient (Wildman–Crippen LogP) is 4.72. The molecule has 1 aliphatic carbocycles. The lowest BCUT2D eigenvalue weighted by Gasteiger charge is -2.33. The van der Waals surface area contributed by atoms with Crippen molar-refractivity contribution in [1.29, 1.82) is 0 Å². The largest absolute Gasteiger partial charge is 0.145 e. The lowest BCUT2D eigenvalue weighted by molar-refractivity contribution is 0.668. The summed E-state index contributed by atoms with van der Waals surface area (Å²) in [6.07, 6.45) is 7.25. The minimum Gasteiger partial charge on any atom is -0.0804 e. The molecular weight excluding hydrogens is 292 g/mol. The Balaban J connectivity index is 2.17. The van der Waals surface area contributed by atoms with Crippen LogP contribution < -0.4 is 10.4 Å². The number of hydrogen-bond acceptors (Lipinski definition) is 0. The van der Waals surface area contributed by atoms with Crippen molar-refractivity contribution in [3.63, 3.8) is 0 Å². The van der Waals surface area contributed by atoms with E-state index in [1.807, 2.05) is 0 Å². The molecule has 2 aromatic rings. The molecule has 0 saturated heterocycles. The Morgan fingerprint density at radius 3 is 1.87 bits per heavy atom. The van der Waals surface area contributed by atoms with Gasteiger partial charge >= 0.3 is 0 Å². The van der Waals surface area contributed by atoms with Crippen molar-refractivity contribution < 1.29 is 0 Å². The molecule has 1 heteroatoms. The molecule has 0 amide bonds. The maximum absolute atomic E-state index is 2.52. The summed E-state index contributed by atoms with van der Waals surface area (Å²) in [5.74, 6) is 0.642.